The lowest BCUT2D eigenvalue weighted by atomic mass is 10.3. The average Bonchev–Trinajstić information content (AvgIpc) is 2.59. The average molecular weight is 232 g/mol. The van der Waals surface area contributed by atoms with Crippen molar-refractivity contribution in [3.8, 4) is 0 Å². The SMILES string of the molecule is CCC(C)SC1NN(C(C)CC)NN1C. The molecule has 2 N–H and O–H groups in total. The molecular weight excluding hydrogens is 208 g/mol. The van der Waals surface area contributed by atoms with Crippen molar-refractivity contribution in [1.29, 1.82) is 0 Å². The molecule has 3 unspecified atom stereocenters. The first-order valence-electron chi connectivity index (χ1n) is 5.78. The number of hydrogen-bond donors (Lipinski definition) is 2. The van der Waals surface area contributed by atoms with E-state index in [1.807, 2.05) is 11.8 Å². The maximum atomic E-state index is 3.47. The van der Waals surface area contributed by atoms with Gasteiger partial charge in [-0.3, -0.25) is 0 Å². The highest BCUT2D eigenvalue weighted by Gasteiger charge is 2.30. The summed E-state index contributed by atoms with van der Waals surface area (Å²) in [5.74, 6) is 0. The maximum absolute atomic E-state index is 3.47. The van der Waals surface area contributed by atoms with E-state index in [0.29, 0.717) is 16.8 Å². The van der Waals surface area contributed by atoms with Crippen molar-refractivity contribution in [2.75, 3.05) is 7.05 Å². The Labute approximate surface area is 97.7 Å². The molecule has 0 aliphatic carbocycles. The van der Waals surface area contributed by atoms with Gasteiger partial charge in [0.05, 0.1) is 0 Å². The zero-order valence-corrected chi connectivity index (χ0v) is 11.3. The van der Waals surface area contributed by atoms with Gasteiger partial charge >= 0.3 is 0 Å². The normalized spacial score (nSPS) is 28.2. The van der Waals surface area contributed by atoms with Gasteiger partial charge in [-0.05, 0) is 19.8 Å². The van der Waals surface area contributed by atoms with Gasteiger partial charge in [0.1, 0.15) is 5.50 Å². The van der Waals surface area contributed by atoms with Crippen molar-refractivity contribution in [2.45, 2.75) is 57.3 Å². The smallest absolute Gasteiger partial charge is 0.136 e. The van der Waals surface area contributed by atoms with Crippen LogP contribution in [0.2, 0.25) is 0 Å². The Morgan fingerprint density at radius 2 is 1.93 bits per heavy atom. The maximum Gasteiger partial charge on any atom is 0.136 e. The van der Waals surface area contributed by atoms with E-state index in [2.05, 4.69) is 55.8 Å². The molecule has 0 aromatic rings. The molecule has 0 amide bonds. The van der Waals surface area contributed by atoms with Gasteiger partial charge in [0.15, 0.2) is 0 Å². The van der Waals surface area contributed by atoms with Crippen molar-refractivity contribution in [3.63, 3.8) is 0 Å². The minimum atomic E-state index is 0.342. The minimum absolute atomic E-state index is 0.342. The first-order valence-corrected chi connectivity index (χ1v) is 6.72. The second kappa shape index (κ2) is 6.06. The highest BCUT2D eigenvalue weighted by molar-refractivity contribution is 8.00. The molecule has 0 radical (unpaired) electrons. The molecule has 1 aliphatic rings. The summed E-state index contributed by atoms with van der Waals surface area (Å²) in [7, 11) is 2.08. The summed E-state index contributed by atoms with van der Waals surface area (Å²) in [5, 5.41) is 4.91. The molecule has 0 bridgehead atoms. The fourth-order valence-corrected chi connectivity index (χ4v) is 2.34. The van der Waals surface area contributed by atoms with Gasteiger partial charge < -0.3 is 0 Å². The van der Waals surface area contributed by atoms with Crippen LogP contribution in [0, 0.1) is 0 Å². The molecular formula is C10H24N4S. The van der Waals surface area contributed by atoms with Crippen LogP contribution in [0.3, 0.4) is 0 Å². The first kappa shape index (κ1) is 13.3. The number of nitrogens with zero attached hydrogens (tertiary/aromatic N) is 2. The van der Waals surface area contributed by atoms with Crippen LogP contribution in [0.5, 0.6) is 0 Å². The van der Waals surface area contributed by atoms with E-state index >= 15 is 0 Å². The van der Waals surface area contributed by atoms with Gasteiger partial charge in [0, 0.05) is 18.3 Å². The zero-order chi connectivity index (χ0) is 11.4. The molecule has 0 aromatic heterocycles. The second-order valence-corrected chi connectivity index (χ2v) is 5.70. The van der Waals surface area contributed by atoms with E-state index in [9.17, 15) is 0 Å². The lowest BCUT2D eigenvalue weighted by molar-refractivity contribution is 0.0714. The van der Waals surface area contributed by atoms with Crippen molar-refractivity contribution in [2.24, 2.45) is 0 Å². The van der Waals surface area contributed by atoms with Crippen LogP contribution in [0.25, 0.3) is 0 Å². The predicted octanol–water partition coefficient (Wildman–Crippen LogP) is 1.77. The van der Waals surface area contributed by atoms with Crippen molar-refractivity contribution in [1.82, 2.24) is 21.1 Å². The lowest BCUT2D eigenvalue weighted by Crippen LogP contribution is -2.46. The molecule has 0 saturated carbocycles. The van der Waals surface area contributed by atoms with E-state index < -0.39 is 0 Å². The molecule has 1 saturated heterocycles. The van der Waals surface area contributed by atoms with E-state index in [1.165, 1.54) is 6.42 Å². The van der Waals surface area contributed by atoms with Gasteiger partial charge in [0.25, 0.3) is 0 Å². The van der Waals surface area contributed by atoms with Crippen LogP contribution < -0.4 is 11.0 Å². The Morgan fingerprint density at radius 3 is 2.47 bits per heavy atom. The molecule has 0 spiro atoms. The molecule has 1 aliphatic heterocycles. The molecule has 4 nitrogen and oxygen atoms in total. The van der Waals surface area contributed by atoms with Crippen LogP contribution in [-0.4, -0.2) is 34.0 Å². The van der Waals surface area contributed by atoms with Crippen molar-refractivity contribution >= 4 is 11.8 Å². The van der Waals surface area contributed by atoms with Crippen molar-refractivity contribution in [3.05, 3.63) is 0 Å². The Balaban J connectivity index is 2.42. The fraction of sp³-hybridized carbons (Fsp3) is 1.00. The Kier molecular flexibility index (Phi) is 5.35. The third-order valence-electron chi connectivity index (χ3n) is 2.83. The summed E-state index contributed by atoms with van der Waals surface area (Å²) >= 11 is 1.96. The molecule has 3 atom stereocenters. The second-order valence-electron chi connectivity index (χ2n) is 4.17. The fourth-order valence-electron chi connectivity index (χ4n) is 1.30. The summed E-state index contributed by atoms with van der Waals surface area (Å²) in [6, 6.07) is 0.509. The molecule has 15 heavy (non-hydrogen) atoms. The Hall–Kier alpha value is 0.190. The van der Waals surface area contributed by atoms with E-state index in [-0.39, 0.29) is 0 Å². The monoisotopic (exact) mass is 232 g/mol. The predicted molar refractivity (Wildman–Crippen MR) is 66.8 cm³/mol. The topological polar surface area (TPSA) is 30.5 Å². The summed E-state index contributed by atoms with van der Waals surface area (Å²) in [4.78, 5) is 0. The highest BCUT2D eigenvalue weighted by Crippen LogP contribution is 2.22. The van der Waals surface area contributed by atoms with E-state index in [4.69, 9.17) is 0 Å². The molecule has 5 heteroatoms. The minimum Gasteiger partial charge on any atom is -0.212 e. The Morgan fingerprint density at radius 1 is 1.27 bits per heavy atom. The third kappa shape index (κ3) is 3.60. The van der Waals surface area contributed by atoms with Gasteiger partial charge in [0.2, 0.25) is 0 Å². The lowest BCUT2D eigenvalue weighted by Gasteiger charge is -2.21. The molecule has 1 rings (SSSR count). The van der Waals surface area contributed by atoms with Gasteiger partial charge in [-0.1, -0.05) is 20.8 Å². The number of nitrogens with one attached hydrogen (secondary N) is 2. The third-order valence-corrected chi connectivity index (χ3v) is 4.31. The number of rotatable bonds is 5. The van der Waals surface area contributed by atoms with Crippen LogP contribution in [0.1, 0.15) is 40.5 Å². The first-order chi connectivity index (χ1) is 7.08. The summed E-state index contributed by atoms with van der Waals surface area (Å²) in [6.45, 7) is 8.91. The van der Waals surface area contributed by atoms with Gasteiger partial charge in [-0.15, -0.1) is 11.8 Å². The molecule has 90 valence electrons. The quantitative estimate of drug-likeness (QED) is 0.754. The van der Waals surface area contributed by atoms with Crippen LogP contribution >= 0.6 is 11.8 Å². The van der Waals surface area contributed by atoms with Gasteiger partial charge in [-0.2, -0.15) is 10.7 Å². The van der Waals surface area contributed by atoms with Crippen LogP contribution in [0.4, 0.5) is 0 Å². The van der Waals surface area contributed by atoms with E-state index in [1.54, 1.807) is 0 Å². The Bertz CT molecular complexity index is 190. The zero-order valence-electron chi connectivity index (χ0n) is 10.4. The van der Waals surface area contributed by atoms with Crippen LogP contribution in [0.15, 0.2) is 0 Å². The highest BCUT2D eigenvalue weighted by atomic mass is 32.2. The number of hydrazine groups is 3. The summed E-state index contributed by atoms with van der Waals surface area (Å²) in [5.41, 5.74) is 7.13. The summed E-state index contributed by atoms with van der Waals surface area (Å²) < 4.78 is 0. The van der Waals surface area contributed by atoms with Gasteiger partial charge in [-0.25, -0.2) is 10.4 Å². The van der Waals surface area contributed by atoms with E-state index in [0.717, 1.165) is 6.42 Å². The largest absolute Gasteiger partial charge is 0.212 e. The standard InChI is InChI=1S/C10H24N4S/c1-6-8(3)14-11-10(13(5)12-14)15-9(4)7-2/h8-12H,6-7H2,1-5H3. The molecule has 1 heterocycles. The molecule has 1 fully saturated rings. The number of hydrogen-bond acceptors (Lipinski definition) is 5. The van der Waals surface area contributed by atoms with Crippen LogP contribution in [-0.2, 0) is 0 Å². The van der Waals surface area contributed by atoms with Crippen molar-refractivity contribution < 1.29 is 0 Å². The number of thioether (sulfide) groups is 1. The summed E-state index contributed by atoms with van der Waals surface area (Å²) in [6.07, 6.45) is 2.34. The molecule has 0 aromatic carbocycles.